The molecular formula is C62H106O6. The highest BCUT2D eigenvalue weighted by Crippen LogP contribution is 2.14. The van der Waals surface area contributed by atoms with Crippen LogP contribution in [0.4, 0.5) is 0 Å². The second-order valence-electron chi connectivity index (χ2n) is 18.8. The third-order valence-corrected chi connectivity index (χ3v) is 12.1. The Morgan fingerprint density at radius 3 is 1.07 bits per heavy atom. The van der Waals surface area contributed by atoms with Gasteiger partial charge in [0.2, 0.25) is 0 Å². The Morgan fingerprint density at radius 1 is 0.324 bits per heavy atom. The van der Waals surface area contributed by atoms with E-state index in [0.29, 0.717) is 19.3 Å². The lowest BCUT2D eigenvalue weighted by atomic mass is 10.1. The van der Waals surface area contributed by atoms with Crippen LogP contribution in [0.25, 0.3) is 0 Å². The van der Waals surface area contributed by atoms with Crippen LogP contribution in [-0.4, -0.2) is 37.2 Å². The number of ether oxygens (including phenoxy) is 3. The summed E-state index contributed by atoms with van der Waals surface area (Å²) in [6.45, 7) is 6.46. The summed E-state index contributed by atoms with van der Waals surface area (Å²) in [6.07, 6.45) is 73.0. The maximum atomic E-state index is 12.8. The molecule has 0 aromatic rings. The molecule has 68 heavy (non-hydrogen) atoms. The first kappa shape index (κ1) is 64.6. The molecule has 1 unspecified atom stereocenters. The van der Waals surface area contributed by atoms with Crippen molar-refractivity contribution < 1.29 is 28.6 Å². The largest absolute Gasteiger partial charge is 0.462 e. The van der Waals surface area contributed by atoms with Gasteiger partial charge in [-0.1, -0.05) is 241 Å². The minimum atomic E-state index is -0.810. The number of unbranched alkanes of at least 4 members (excludes halogenated alkanes) is 27. The van der Waals surface area contributed by atoms with Gasteiger partial charge in [-0.2, -0.15) is 0 Å². The summed E-state index contributed by atoms with van der Waals surface area (Å²) in [6, 6.07) is 0. The number of allylic oxidation sites excluding steroid dienone is 14. The van der Waals surface area contributed by atoms with Gasteiger partial charge in [-0.05, 0) is 96.3 Å². The van der Waals surface area contributed by atoms with Crippen LogP contribution in [-0.2, 0) is 28.6 Å². The maximum Gasteiger partial charge on any atom is 0.306 e. The molecule has 6 heteroatoms. The van der Waals surface area contributed by atoms with Gasteiger partial charge in [-0.15, -0.1) is 0 Å². The fourth-order valence-corrected chi connectivity index (χ4v) is 7.85. The molecule has 0 rings (SSSR count). The molecule has 0 spiro atoms. The zero-order valence-corrected chi connectivity index (χ0v) is 44.6. The number of carbonyl (C=O) groups excluding carboxylic acids is 3. The summed E-state index contributed by atoms with van der Waals surface area (Å²) in [5.74, 6) is -0.989. The van der Waals surface area contributed by atoms with Crippen LogP contribution in [0.1, 0.15) is 271 Å². The molecule has 0 bridgehead atoms. The summed E-state index contributed by atoms with van der Waals surface area (Å²) in [5.41, 5.74) is 0. The van der Waals surface area contributed by atoms with Crippen molar-refractivity contribution >= 4 is 17.9 Å². The van der Waals surface area contributed by atoms with Crippen molar-refractivity contribution in [1.82, 2.24) is 0 Å². The van der Waals surface area contributed by atoms with E-state index in [-0.39, 0.29) is 37.5 Å². The van der Waals surface area contributed by atoms with E-state index in [1.807, 2.05) is 6.08 Å². The van der Waals surface area contributed by atoms with Gasteiger partial charge in [-0.25, -0.2) is 0 Å². The zero-order valence-electron chi connectivity index (χ0n) is 44.6. The molecule has 0 aliphatic carbocycles. The second kappa shape index (κ2) is 56.2. The first-order chi connectivity index (χ1) is 33.5. The normalized spacial score (nSPS) is 12.7. The first-order valence-electron chi connectivity index (χ1n) is 28.6. The number of rotatable bonds is 51. The smallest absolute Gasteiger partial charge is 0.306 e. The highest BCUT2D eigenvalue weighted by Gasteiger charge is 2.19. The fourth-order valence-electron chi connectivity index (χ4n) is 7.85. The van der Waals surface area contributed by atoms with Gasteiger partial charge in [0.15, 0.2) is 6.10 Å². The first-order valence-corrected chi connectivity index (χ1v) is 28.6. The minimum Gasteiger partial charge on any atom is -0.462 e. The molecule has 0 saturated heterocycles. The topological polar surface area (TPSA) is 78.9 Å². The van der Waals surface area contributed by atoms with Crippen LogP contribution < -0.4 is 0 Å². The highest BCUT2D eigenvalue weighted by atomic mass is 16.6. The molecule has 6 nitrogen and oxygen atoms in total. The lowest BCUT2D eigenvalue weighted by molar-refractivity contribution is -0.166. The van der Waals surface area contributed by atoms with Gasteiger partial charge >= 0.3 is 17.9 Å². The molecule has 0 aliphatic rings. The van der Waals surface area contributed by atoms with E-state index in [0.717, 1.165) is 89.9 Å². The van der Waals surface area contributed by atoms with Crippen LogP contribution in [0.5, 0.6) is 0 Å². The third kappa shape index (κ3) is 53.5. The zero-order chi connectivity index (χ0) is 49.3. The van der Waals surface area contributed by atoms with Crippen molar-refractivity contribution in [3.8, 4) is 0 Å². The van der Waals surface area contributed by atoms with Gasteiger partial charge < -0.3 is 14.2 Å². The van der Waals surface area contributed by atoms with Gasteiger partial charge in [0.25, 0.3) is 0 Å². The number of hydrogen-bond donors (Lipinski definition) is 0. The van der Waals surface area contributed by atoms with Crippen molar-refractivity contribution in [3.63, 3.8) is 0 Å². The number of carbonyl (C=O) groups is 3. The van der Waals surface area contributed by atoms with E-state index in [2.05, 4.69) is 99.8 Å². The molecule has 0 aromatic carbocycles. The Hall–Kier alpha value is -3.41. The van der Waals surface area contributed by atoms with Crippen molar-refractivity contribution in [3.05, 3.63) is 85.1 Å². The summed E-state index contributed by atoms with van der Waals surface area (Å²) >= 11 is 0. The van der Waals surface area contributed by atoms with Crippen LogP contribution in [0.15, 0.2) is 85.1 Å². The lowest BCUT2D eigenvalue weighted by Crippen LogP contribution is -2.30. The van der Waals surface area contributed by atoms with E-state index in [4.69, 9.17) is 14.2 Å². The van der Waals surface area contributed by atoms with Crippen LogP contribution in [0, 0.1) is 0 Å². The molecule has 0 aliphatic heterocycles. The summed E-state index contributed by atoms with van der Waals surface area (Å²) in [5, 5.41) is 0. The molecule has 0 saturated carbocycles. The molecule has 0 fully saturated rings. The molecule has 0 radical (unpaired) electrons. The van der Waals surface area contributed by atoms with Crippen LogP contribution >= 0.6 is 0 Å². The van der Waals surface area contributed by atoms with Crippen molar-refractivity contribution in [2.45, 2.75) is 277 Å². The molecular weight excluding hydrogens is 841 g/mol. The van der Waals surface area contributed by atoms with Gasteiger partial charge in [0.05, 0.1) is 0 Å². The maximum absolute atomic E-state index is 12.8. The summed E-state index contributed by atoms with van der Waals surface area (Å²) < 4.78 is 16.8. The fraction of sp³-hybridized carbons (Fsp3) is 0.726. The Bertz CT molecular complexity index is 1320. The molecule has 0 aromatic heterocycles. The quantitative estimate of drug-likeness (QED) is 0.0199. The van der Waals surface area contributed by atoms with Crippen LogP contribution in [0.3, 0.4) is 0 Å². The summed E-state index contributed by atoms with van der Waals surface area (Å²) in [7, 11) is 0. The lowest BCUT2D eigenvalue weighted by Gasteiger charge is -2.18. The van der Waals surface area contributed by atoms with E-state index < -0.39 is 6.10 Å². The number of esters is 3. The average Bonchev–Trinajstić information content (AvgIpc) is 3.34. The van der Waals surface area contributed by atoms with E-state index in [1.165, 1.54) is 135 Å². The predicted molar refractivity (Wildman–Crippen MR) is 293 cm³/mol. The van der Waals surface area contributed by atoms with Crippen molar-refractivity contribution in [2.24, 2.45) is 0 Å². The number of hydrogen-bond acceptors (Lipinski definition) is 6. The highest BCUT2D eigenvalue weighted by molar-refractivity contribution is 5.71. The Morgan fingerprint density at radius 2 is 0.647 bits per heavy atom. The molecule has 0 N–H and O–H groups in total. The molecule has 1 atom stereocenters. The standard InChI is InChI=1S/C62H106O6/c1-4-7-10-13-16-19-22-25-27-29-31-33-34-37-40-43-46-49-52-55-61(64)67-58-59(57-66-60(63)54-51-48-45-42-39-36-24-21-18-15-12-9-6-3)68-62(65)56-53-50-47-44-41-38-35-32-30-28-26-23-20-17-14-11-8-5-2/h7,10,16,19,25,27-28,30,32,35-36,39,45,48,59H,4-6,8-9,11-15,17-18,20-24,26,29,31,33-34,37-38,40-44,46-47,49-58H2,1-3H3/b10-7+,19-16+,27-25+,30-28+,35-32+,39-36+,48-45+. The van der Waals surface area contributed by atoms with Gasteiger partial charge in [-0.3, -0.25) is 14.4 Å². The molecule has 390 valence electrons. The van der Waals surface area contributed by atoms with E-state index in [1.54, 1.807) is 0 Å². The second-order valence-corrected chi connectivity index (χ2v) is 18.8. The predicted octanol–water partition coefficient (Wildman–Crippen LogP) is 19.2. The average molecular weight is 948 g/mol. The SMILES string of the molecule is CC/C=C/C/C=C/C/C=C/CCCCCCCCCCCC(=O)OCC(COC(=O)CC/C=C/C/C=C/CCCCCCCC)OC(=O)CCCCCCC/C=C/C=C/CCCCCCCCC. The van der Waals surface area contributed by atoms with E-state index >= 15 is 0 Å². The summed E-state index contributed by atoms with van der Waals surface area (Å²) in [4.78, 5) is 38.1. The van der Waals surface area contributed by atoms with Crippen molar-refractivity contribution in [1.29, 1.82) is 0 Å². The van der Waals surface area contributed by atoms with Crippen LogP contribution in [0.2, 0.25) is 0 Å². The van der Waals surface area contributed by atoms with Gasteiger partial charge in [0.1, 0.15) is 13.2 Å². The Kier molecular flexibility index (Phi) is 53.4. The minimum absolute atomic E-state index is 0.103. The Balaban J connectivity index is 4.44. The van der Waals surface area contributed by atoms with E-state index in [9.17, 15) is 14.4 Å². The Labute approximate surface area is 420 Å². The third-order valence-electron chi connectivity index (χ3n) is 12.1. The van der Waals surface area contributed by atoms with Gasteiger partial charge in [0, 0.05) is 19.3 Å². The molecule has 0 heterocycles. The monoisotopic (exact) mass is 947 g/mol. The van der Waals surface area contributed by atoms with Crippen molar-refractivity contribution in [2.75, 3.05) is 13.2 Å². The molecule has 0 amide bonds.